The van der Waals surface area contributed by atoms with Gasteiger partial charge in [-0.05, 0) is 90.0 Å². The van der Waals surface area contributed by atoms with E-state index in [1.165, 1.54) is 6.92 Å². The van der Waals surface area contributed by atoms with Gasteiger partial charge in [-0.25, -0.2) is 9.36 Å². The van der Waals surface area contributed by atoms with Crippen LogP contribution < -0.4 is 10.6 Å². The van der Waals surface area contributed by atoms with Crippen LogP contribution in [0.2, 0.25) is 10.0 Å². The van der Waals surface area contributed by atoms with Crippen LogP contribution in [0.15, 0.2) is 164 Å². The highest BCUT2D eigenvalue weighted by atomic mass is 35.5. The van der Waals surface area contributed by atoms with E-state index in [2.05, 4.69) is 10.6 Å². The van der Waals surface area contributed by atoms with Gasteiger partial charge < -0.3 is 82.0 Å². The molecule has 0 aliphatic carbocycles. The van der Waals surface area contributed by atoms with E-state index >= 15 is 0 Å². The van der Waals surface area contributed by atoms with Crippen molar-refractivity contribution in [3.8, 4) is 0 Å². The van der Waals surface area contributed by atoms with Crippen molar-refractivity contribution < 1.29 is 99.9 Å². The number of aliphatic hydroxyl groups excluding tert-OH is 2. The summed E-state index contributed by atoms with van der Waals surface area (Å²) in [5, 5.41) is 29.7. The number of halogens is 2. The summed E-state index contributed by atoms with van der Waals surface area (Å²) in [6.45, 7) is 4.33. The lowest BCUT2D eigenvalue weighted by Gasteiger charge is -2.52. The lowest BCUT2D eigenvalue weighted by atomic mass is 9.94. The molecule has 0 saturated carbocycles. The third kappa shape index (κ3) is 20.0. The van der Waals surface area contributed by atoms with Crippen LogP contribution >= 0.6 is 31.0 Å². The van der Waals surface area contributed by atoms with Crippen LogP contribution in [-0.4, -0.2) is 157 Å². The van der Waals surface area contributed by atoms with E-state index in [-0.39, 0.29) is 59.1 Å². The first-order chi connectivity index (χ1) is 46.4. The Morgan fingerprint density at radius 1 is 0.552 bits per heavy atom. The fourth-order valence-corrected chi connectivity index (χ4v) is 13.0. The summed E-state index contributed by atoms with van der Waals surface area (Å²) in [5.74, 6) is -0.526. The molecule has 5 N–H and O–H groups in total. The topological polar surface area (TPSA) is 274 Å². The molecule has 19 atom stereocenters. The molecule has 6 aromatic rings. The van der Waals surface area contributed by atoms with Crippen molar-refractivity contribution >= 4 is 48.7 Å². The molecule has 2 amide bonds. The second-order valence-corrected chi connectivity index (χ2v) is 26.5. The largest absolute Gasteiger partial charge is 0.472 e. The van der Waals surface area contributed by atoms with Gasteiger partial charge in [0.15, 0.2) is 25.2 Å². The summed E-state index contributed by atoms with van der Waals surface area (Å²) >= 11 is 12.5. The van der Waals surface area contributed by atoms with Gasteiger partial charge in [0, 0.05) is 35.5 Å². The summed E-state index contributed by atoms with van der Waals surface area (Å²) in [4.78, 5) is 37.8. The van der Waals surface area contributed by atoms with Gasteiger partial charge >= 0.3 is 13.9 Å². The van der Waals surface area contributed by atoms with Crippen LogP contribution in [0.25, 0.3) is 0 Å². The maximum absolute atomic E-state index is 13.9. The monoisotopic (exact) mass is 1390 g/mol. The van der Waals surface area contributed by atoms with Gasteiger partial charge in [-0.3, -0.25) is 19.2 Å². The van der Waals surface area contributed by atoms with Crippen molar-refractivity contribution in [2.75, 3.05) is 25.1 Å². The predicted molar refractivity (Wildman–Crippen MR) is 348 cm³/mol. The number of carbonyl (C=O) groups is 2. The Morgan fingerprint density at radius 2 is 1.05 bits per heavy atom. The molecule has 5 aliphatic rings. The van der Waals surface area contributed by atoms with Crippen molar-refractivity contribution in [3.63, 3.8) is 0 Å². The summed E-state index contributed by atoms with van der Waals surface area (Å²) < 4.78 is 112. The normalized spacial score (nSPS) is 31.4. The van der Waals surface area contributed by atoms with Crippen molar-refractivity contribution in [1.82, 2.24) is 5.32 Å². The maximum atomic E-state index is 13.9. The molecule has 516 valence electrons. The van der Waals surface area contributed by atoms with Gasteiger partial charge in [0.25, 0.3) is 0 Å². The quantitative estimate of drug-likeness (QED) is 0.0300. The number of nitrogens with one attached hydrogen (secondary N) is 2. The highest BCUT2D eigenvalue weighted by Crippen LogP contribution is 2.52. The molecule has 0 spiro atoms. The fraction of sp³-hybridized carbons (Fsp3) is 0.457. The molecule has 96 heavy (non-hydrogen) atoms. The number of phosphoric ester groups is 1. The first-order valence-corrected chi connectivity index (χ1v) is 34.3. The Kier molecular flexibility index (Phi) is 25.5. The molecule has 1 unspecified atom stereocenters. The van der Waals surface area contributed by atoms with Gasteiger partial charge in [0.1, 0.15) is 67.6 Å². The summed E-state index contributed by atoms with van der Waals surface area (Å²) in [6.07, 6.45) is -20.4. The number of anilines is 1. The van der Waals surface area contributed by atoms with E-state index in [1.807, 2.05) is 115 Å². The minimum absolute atomic E-state index is 0.00536. The smallest absolute Gasteiger partial charge is 0.444 e. The average molecular weight is 1390 g/mol. The second-order valence-electron chi connectivity index (χ2n) is 24.2. The SMILES string of the molecule is CC(=O)N[C@H]1[C@H](OCCc2ccc(NC(=O)OCc3ccccc3)cc2)O[C@H](COCc2ccccc2)[C@@H](O[C@@H]2O[C@@H](C)[C@@H](O)C[C@@H]2OCc2ccc(Cl)cc2)[C@@H]1O[C@@H]1O[C@@H]2COP(=O)(O)O[C@@H]2[C@H](OCc2ccccc2)[C@H]1O[C@@H]1O[C@@H](C)[C@@H](O)C[C@@H]1OCc1ccc(Cl)cc1. The molecule has 11 rings (SSSR count). The zero-order valence-corrected chi connectivity index (χ0v) is 55.6. The van der Waals surface area contributed by atoms with Crippen LogP contribution in [0.3, 0.4) is 0 Å². The Bertz CT molecular complexity index is 3430. The standard InChI is InChI=1S/C70H81Cl2N2O21P/c1-42-54(76)33-56(83-36-49-19-25-51(71)26-20-49)66(88-42)92-61-58(40-81-35-46-13-7-4-8-14-46)90-68(82-32-31-45-23-29-53(30-24-45)74-70(78)86-39-48-17-11-6-12-18-48)60(73-44(3)75)63(61)93-69-65(94-67-57(34-55(77)43(2)89-67)84-37-50-21-27-52(72)28-22-50)64(85-38-47-15-9-5-10-16-47)62-59(91-69)41-87-96(79,80)95-62/h4-30,42-43,54-69,76-77H,31-41H2,1-3H3,(H,73,75)(H,74,78)(H,79,80)/t42-,43-,54-,55-,56-,57-,58+,59+,60+,61+,62-,63+,64-,65+,66-,67-,68+,69-/m0/s1. The molecule has 6 aromatic carbocycles. The van der Waals surface area contributed by atoms with Crippen molar-refractivity contribution in [1.29, 1.82) is 0 Å². The van der Waals surface area contributed by atoms with Gasteiger partial charge in [0.2, 0.25) is 5.91 Å². The Labute approximate surface area is 567 Å². The Hall–Kier alpha value is -5.81. The predicted octanol–water partition coefficient (Wildman–Crippen LogP) is 9.89. The summed E-state index contributed by atoms with van der Waals surface area (Å²) in [6, 6.07) is 48.1. The van der Waals surface area contributed by atoms with Crippen LogP contribution in [0.5, 0.6) is 0 Å². The molecule has 0 aromatic heterocycles. The highest BCUT2D eigenvalue weighted by Gasteiger charge is 2.59. The summed E-state index contributed by atoms with van der Waals surface area (Å²) in [5.41, 5.74) is 5.26. The second kappa shape index (κ2) is 34.3. The summed E-state index contributed by atoms with van der Waals surface area (Å²) in [7, 11) is -4.76. The Morgan fingerprint density at radius 3 is 1.61 bits per heavy atom. The molecule has 5 heterocycles. The molecule has 5 saturated heterocycles. The number of phosphoric acid groups is 1. The Balaban J connectivity index is 0.961. The molecule has 23 nitrogen and oxygen atoms in total. The lowest BCUT2D eigenvalue weighted by molar-refractivity contribution is -0.392. The zero-order chi connectivity index (χ0) is 67.1. The number of amides is 2. The van der Waals surface area contributed by atoms with Crippen LogP contribution in [-0.2, 0) is 119 Å². The molecular weight excluding hydrogens is 1310 g/mol. The maximum Gasteiger partial charge on any atom is 0.472 e. The minimum Gasteiger partial charge on any atom is -0.444 e. The van der Waals surface area contributed by atoms with E-state index in [9.17, 15) is 29.3 Å². The number of hydrogen-bond donors (Lipinski definition) is 5. The molecule has 0 radical (unpaired) electrons. The molecule has 26 heteroatoms. The third-order valence-electron chi connectivity index (χ3n) is 17.0. The number of aliphatic hydroxyl groups is 2. The van der Waals surface area contributed by atoms with Gasteiger partial charge in [0.05, 0.1) is 70.7 Å². The fourth-order valence-electron chi connectivity index (χ4n) is 11.8. The highest BCUT2D eigenvalue weighted by molar-refractivity contribution is 7.47. The number of benzene rings is 6. The number of rotatable bonds is 27. The van der Waals surface area contributed by atoms with E-state index < -0.39 is 137 Å². The average Bonchev–Trinajstić information content (AvgIpc) is 0.759. The van der Waals surface area contributed by atoms with Gasteiger partial charge in [-0.2, -0.15) is 0 Å². The van der Waals surface area contributed by atoms with Crippen molar-refractivity contribution in [3.05, 3.63) is 207 Å². The van der Waals surface area contributed by atoms with Crippen LogP contribution in [0, 0.1) is 0 Å². The number of carbonyl (C=O) groups excluding carboxylic acids is 2. The molecular formula is C70H81Cl2N2O21P. The van der Waals surface area contributed by atoms with Crippen molar-refractivity contribution in [2.45, 2.75) is 184 Å². The number of hydrogen-bond acceptors (Lipinski definition) is 20. The van der Waals surface area contributed by atoms with Gasteiger partial charge in [-0.1, -0.05) is 151 Å². The lowest BCUT2D eigenvalue weighted by Crippen LogP contribution is -2.70. The minimum atomic E-state index is -4.76. The third-order valence-corrected chi connectivity index (χ3v) is 18.5. The van der Waals surface area contributed by atoms with E-state index in [1.54, 1.807) is 62.4 Å². The van der Waals surface area contributed by atoms with E-state index in [0.29, 0.717) is 22.2 Å². The van der Waals surface area contributed by atoms with E-state index in [4.69, 9.17) is 93.8 Å². The molecule has 5 aliphatic heterocycles. The molecule has 5 fully saturated rings. The number of fused-ring (bicyclic) bond motifs is 1. The van der Waals surface area contributed by atoms with Crippen molar-refractivity contribution in [2.24, 2.45) is 0 Å². The first kappa shape index (κ1) is 71.5. The first-order valence-electron chi connectivity index (χ1n) is 32.0. The number of ether oxygens (including phenoxy) is 13. The van der Waals surface area contributed by atoms with Crippen LogP contribution in [0.1, 0.15) is 67.0 Å². The molecule has 0 bridgehead atoms. The van der Waals surface area contributed by atoms with Crippen LogP contribution in [0.4, 0.5) is 10.5 Å². The van der Waals surface area contributed by atoms with Gasteiger partial charge in [-0.15, -0.1) is 0 Å². The zero-order valence-electron chi connectivity index (χ0n) is 53.2. The van der Waals surface area contributed by atoms with E-state index in [0.717, 1.165) is 33.4 Å².